The van der Waals surface area contributed by atoms with Crippen molar-refractivity contribution in [1.29, 1.82) is 0 Å². The van der Waals surface area contributed by atoms with Gasteiger partial charge < -0.3 is 0 Å². The lowest BCUT2D eigenvalue weighted by molar-refractivity contribution is -0.145. The van der Waals surface area contributed by atoms with Crippen LogP contribution in [0.15, 0.2) is 12.2 Å². The quantitative estimate of drug-likeness (QED) is 0.496. The van der Waals surface area contributed by atoms with Crippen molar-refractivity contribution in [1.82, 2.24) is 10.2 Å². The Hall–Kier alpha value is -1.72. The predicted octanol–water partition coefficient (Wildman–Crippen LogP) is 0.122. The molecule has 0 saturated carbocycles. The molecule has 1 N–H and O–H groups in total. The molecule has 1 aliphatic carbocycles. The van der Waals surface area contributed by atoms with E-state index in [0.29, 0.717) is 12.8 Å². The fraction of sp³-hybridized carbons (Fsp3) is 0.444. The van der Waals surface area contributed by atoms with Gasteiger partial charge in [0, 0.05) is 6.04 Å². The minimum absolute atomic E-state index is 0.358. The normalized spacial score (nSPS) is 27.4. The van der Waals surface area contributed by atoms with E-state index in [0.717, 1.165) is 4.90 Å². The Kier molecular flexibility index (Phi) is 2.26. The van der Waals surface area contributed by atoms with Gasteiger partial charge in [0.2, 0.25) is 0 Å². The third kappa shape index (κ3) is 1.51. The largest absolute Gasteiger partial charge is 0.331 e. The highest BCUT2D eigenvalue weighted by Crippen LogP contribution is 2.20. The van der Waals surface area contributed by atoms with Gasteiger partial charge in [-0.05, 0) is 12.8 Å². The third-order valence-electron chi connectivity index (χ3n) is 2.48. The smallest absolute Gasteiger partial charge is 0.275 e. The number of nitrogens with one attached hydrogen (secondary N) is 1. The maximum atomic E-state index is 13.1. The molecule has 1 atom stereocenters. The first-order valence-electron chi connectivity index (χ1n) is 4.58. The number of carbonyl (C=O) groups excluding carboxylic acids is 3. The number of rotatable bonds is 1. The van der Waals surface area contributed by atoms with Gasteiger partial charge in [-0.1, -0.05) is 12.2 Å². The monoisotopic (exact) mass is 212 g/mol. The highest BCUT2D eigenvalue weighted by Gasteiger charge is 2.43. The van der Waals surface area contributed by atoms with Crippen LogP contribution in [0.3, 0.4) is 0 Å². The lowest BCUT2D eigenvalue weighted by Gasteiger charge is -2.31. The Morgan fingerprint density at radius 3 is 2.47 bits per heavy atom. The van der Waals surface area contributed by atoms with Crippen molar-refractivity contribution in [2.75, 3.05) is 0 Å². The number of hydrogen-bond acceptors (Lipinski definition) is 3. The summed E-state index contributed by atoms with van der Waals surface area (Å²) >= 11 is 0. The number of nitrogens with zero attached hydrogens (tertiary/aromatic N) is 1. The molecule has 1 heterocycles. The highest BCUT2D eigenvalue weighted by atomic mass is 19.1. The second-order valence-corrected chi connectivity index (χ2v) is 3.46. The Bertz CT molecular complexity index is 358. The highest BCUT2D eigenvalue weighted by molar-refractivity contribution is 6.18. The summed E-state index contributed by atoms with van der Waals surface area (Å²) in [5.74, 6) is -2.23. The molecule has 15 heavy (non-hydrogen) atoms. The Morgan fingerprint density at radius 2 is 1.87 bits per heavy atom. The van der Waals surface area contributed by atoms with Crippen LogP contribution in [0.1, 0.15) is 12.8 Å². The Morgan fingerprint density at radius 1 is 1.27 bits per heavy atom. The molecule has 5 nitrogen and oxygen atoms in total. The van der Waals surface area contributed by atoms with Crippen molar-refractivity contribution in [3.63, 3.8) is 0 Å². The van der Waals surface area contributed by atoms with Crippen molar-refractivity contribution in [2.45, 2.75) is 25.1 Å². The summed E-state index contributed by atoms with van der Waals surface area (Å²) < 4.78 is 13.1. The molecule has 1 unspecified atom stereocenters. The number of halogens is 1. The van der Waals surface area contributed by atoms with Crippen LogP contribution in [0, 0.1) is 0 Å². The van der Waals surface area contributed by atoms with Crippen molar-refractivity contribution >= 4 is 17.8 Å². The summed E-state index contributed by atoms with van der Waals surface area (Å²) in [5.41, 5.74) is 0. The number of hydrogen-bond donors (Lipinski definition) is 1. The van der Waals surface area contributed by atoms with Crippen LogP contribution < -0.4 is 5.32 Å². The molecule has 2 aliphatic rings. The van der Waals surface area contributed by atoms with E-state index in [1.165, 1.54) is 0 Å². The maximum absolute atomic E-state index is 13.1. The number of alkyl halides is 1. The molecule has 0 aromatic heterocycles. The van der Waals surface area contributed by atoms with Crippen LogP contribution in [0.5, 0.6) is 0 Å². The Balaban J connectivity index is 2.19. The summed E-state index contributed by atoms with van der Waals surface area (Å²) in [4.78, 5) is 34.3. The van der Waals surface area contributed by atoms with Crippen molar-refractivity contribution < 1.29 is 18.8 Å². The zero-order valence-electron chi connectivity index (χ0n) is 7.77. The summed E-state index contributed by atoms with van der Waals surface area (Å²) in [5, 5.41) is 1.81. The lowest BCUT2D eigenvalue weighted by Crippen LogP contribution is -2.61. The van der Waals surface area contributed by atoms with Crippen molar-refractivity contribution in [2.24, 2.45) is 0 Å². The fourth-order valence-electron chi connectivity index (χ4n) is 1.72. The van der Waals surface area contributed by atoms with Gasteiger partial charge in [0.05, 0.1) is 0 Å². The van der Waals surface area contributed by atoms with E-state index in [-0.39, 0.29) is 6.04 Å². The van der Waals surface area contributed by atoms with Crippen LogP contribution >= 0.6 is 0 Å². The minimum Gasteiger partial charge on any atom is -0.275 e. The Labute approximate surface area is 84.9 Å². The van der Waals surface area contributed by atoms with E-state index in [1.807, 2.05) is 17.5 Å². The van der Waals surface area contributed by atoms with Gasteiger partial charge in [-0.3, -0.25) is 19.8 Å². The molecule has 2 rings (SSSR count). The van der Waals surface area contributed by atoms with Crippen LogP contribution in [0.4, 0.5) is 9.18 Å². The number of amides is 4. The molecule has 4 amide bonds. The van der Waals surface area contributed by atoms with E-state index in [2.05, 4.69) is 0 Å². The molecule has 0 aromatic carbocycles. The van der Waals surface area contributed by atoms with Crippen molar-refractivity contribution in [3.8, 4) is 0 Å². The van der Waals surface area contributed by atoms with Gasteiger partial charge in [0.25, 0.3) is 18.0 Å². The number of imide groups is 2. The van der Waals surface area contributed by atoms with E-state index in [9.17, 15) is 18.8 Å². The first-order valence-corrected chi connectivity index (χ1v) is 4.58. The fourth-order valence-corrected chi connectivity index (χ4v) is 1.72. The number of urea groups is 1. The first kappa shape index (κ1) is 9.82. The second-order valence-electron chi connectivity index (χ2n) is 3.46. The minimum atomic E-state index is -2.26. The molecule has 1 aliphatic heterocycles. The number of barbiturate groups is 1. The summed E-state index contributed by atoms with van der Waals surface area (Å²) in [7, 11) is 0. The lowest BCUT2D eigenvalue weighted by atomic mass is 10.1. The summed E-state index contributed by atoms with van der Waals surface area (Å²) in [6, 6.07) is -1.18. The average molecular weight is 212 g/mol. The molecule has 0 spiro atoms. The molecule has 0 aromatic rings. The van der Waals surface area contributed by atoms with Crippen LogP contribution in [0.2, 0.25) is 0 Å². The molecule has 0 radical (unpaired) electrons. The summed E-state index contributed by atoms with van der Waals surface area (Å²) in [6.45, 7) is 0. The van der Waals surface area contributed by atoms with Crippen LogP contribution in [0.25, 0.3) is 0 Å². The van der Waals surface area contributed by atoms with E-state index in [1.54, 1.807) is 0 Å². The topological polar surface area (TPSA) is 66.5 Å². The second kappa shape index (κ2) is 3.45. The van der Waals surface area contributed by atoms with E-state index >= 15 is 0 Å². The zero-order valence-corrected chi connectivity index (χ0v) is 7.77. The van der Waals surface area contributed by atoms with Gasteiger partial charge in [-0.15, -0.1) is 0 Å². The van der Waals surface area contributed by atoms with E-state index < -0.39 is 24.0 Å². The molecule has 0 bridgehead atoms. The van der Waals surface area contributed by atoms with Gasteiger partial charge in [0.1, 0.15) is 0 Å². The van der Waals surface area contributed by atoms with Gasteiger partial charge in [-0.25, -0.2) is 9.18 Å². The van der Waals surface area contributed by atoms with Crippen LogP contribution in [-0.2, 0) is 9.59 Å². The molecule has 6 heteroatoms. The molecular weight excluding hydrogens is 203 g/mol. The summed E-state index contributed by atoms with van der Waals surface area (Å²) in [6.07, 6.45) is 2.40. The zero-order chi connectivity index (χ0) is 11.0. The van der Waals surface area contributed by atoms with Crippen molar-refractivity contribution in [3.05, 3.63) is 12.2 Å². The van der Waals surface area contributed by atoms with Crippen LogP contribution in [-0.4, -0.2) is 35.0 Å². The van der Waals surface area contributed by atoms with Gasteiger partial charge in [0.15, 0.2) is 0 Å². The van der Waals surface area contributed by atoms with Gasteiger partial charge >= 0.3 is 6.03 Å². The average Bonchev–Trinajstić information content (AvgIpc) is 2.68. The van der Waals surface area contributed by atoms with Gasteiger partial charge in [-0.2, -0.15) is 0 Å². The maximum Gasteiger partial charge on any atom is 0.331 e. The SMILES string of the molecule is O=C1NC(=O)N(C2CC=CC2)C(=O)C1F. The third-order valence-corrected chi connectivity index (χ3v) is 2.48. The molecule has 1 fully saturated rings. The first-order chi connectivity index (χ1) is 7.11. The molecule has 1 saturated heterocycles. The predicted molar refractivity (Wildman–Crippen MR) is 47.4 cm³/mol. The van der Waals surface area contributed by atoms with E-state index in [4.69, 9.17) is 0 Å². The standard InChI is InChI=1S/C9H9FN2O3/c10-6-7(13)11-9(15)12(8(6)14)5-3-1-2-4-5/h1-2,5-6H,3-4H2,(H,11,13,15). The molecular formula is C9H9FN2O3. The molecule has 80 valence electrons. The number of carbonyl (C=O) groups is 3.